The molecule has 0 aliphatic carbocycles. The predicted molar refractivity (Wildman–Crippen MR) is 52.2 cm³/mol. The van der Waals surface area contributed by atoms with Crippen LogP contribution in [0.1, 0.15) is 5.56 Å². The molecule has 0 bridgehead atoms. The van der Waals surface area contributed by atoms with E-state index in [1.54, 1.807) is 12.1 Å². The molecule has 0 radical (unpaired) electrons. The zero-order valence-electron chi connectivity index (χ0n) is 7.01. The average molecular weight is 242 g/mol. The third-order valence-corrected chi connectivity index (χ3v) is 1.76. The predicted octanol–water partition coefficient (Wildman–Crippen LogP) is 1.16. The van der Waals surface area contributed by atoms with E-state index in [9.17, 15) is 12.3 Å². The third kappa shape index (κ3) is 3.91. The molecule has 14 heavy (non-hydrogen) atoms. The van der Waals surface area contributed by atoms with Crippen LogP contribution < -0.4 is 9.92 Å². The molecule has 0 saturated carbocycles. The highest BCUT2D eigenvalue weighted by Gasteiger charge is 2.11. The Hall–Kier alpha value is -0.850. The quantitative estimate of drug-likeness (QED) is 0.807. The number of benzene rings is 1. The van der Waals surface area contributed by atoms with Crippen LogP contribution in [-0.4, -0.2) is 8.42 Å². The molecule has 2 N–H and O–H groups in total. The summed E-state index contributed by atoms with van der Waals surface area (Å²) in [5.74, 6) is -0.0764. The van der Waals surface area contributed by atoms with E-state index in [-0.39, 0.29) is 24.7 Å². The Bertz CT molecular complexity index is 396. The van der Waals surface area contributed by atoms with Crippen LogP contribution in [0.3, 0.4) is 0 Å². The second-order valence-corrected chi connectivity index (χ2v) is 3.24. The van der Waals surface area contributed by atoms with E-state index in [0.717, 1.165) is 0 Å². The van der Waals surface area contributed by atoms with Gasteiger partial charge in [0.25, 0.3) is 0 Å². The molecule has 0 unspecified atom stereocenters. The van der Waals surface area contributed by atoms with Gasteiger partial charge in [-0.05, 0) is 6.07 Å². The van der Waals surface area contributed by atoms with E-state index >= 15 is 0 Å². The molecule has 7 heteroatoms. The Kier molecular flexibility index (Phi) is 4.82. The van der Waals surface area contributed by atoms with Gasteiger partial charge in [0.05, 0.1) is 0 Å². The third-order valence-electron chi connectivity index (χ3n) is 1.38. The first-order valence-electron chi connectivity index (χ1n) is 3.45. The summed E-state index contributed by atoms with van der Waals surface area (Å²) in [6.45, 7) is 0.0890. The fraction of sp³-hybridized carbons (Fsp3) is 0.143. The Labute approximate surface area is 87.7 Å². The maximum Gasteiger partial charge on any atom is 0.488 e. The van der Waals surface area contributed by atoms with Crippen LogP contribution in [-0.2, 0) is 17.0 Å². The lowest BCUT2D eigenvalue weighted by atomic mass is 10.2. The Morgan fingerprint density at radius 1 is 1.36 bits per heavy atom. The van der Waals surface area contributed by atoms with E-state index in [0.29, 0.717) is 5.56 Å². The van der Waals surface area contributed by atoms with E-state index in [1.807, 2.05) is 0 Å². The summed E-state index contributed by atoms with van der Waals surface area (Å²) in [4.78, 5) is 0. The molecule has 80 valence electrons. The lowest BCUT2D eigenvalue weighted by Crippen LogP contribution is -2.05. The lowest BCUT2D eigenvalue weighted by Gasteiger charge is -2.04. The monoisotopic (exact) mass is 241 g/mol. The van der Waals surface area contributed by atoms with Crippen LogP contribution in [0.4, 0.5) is 3.89 Å². The summed E-state index contributed by atoms with van der Waals surface area (Å²) in [6, 6.07) is 6.07. The SMILES string of the molecule is Cl.NCc1ccccc1OS(=O)(=O)F. The minimum absolute atomic E-state index is 0. The van der Waals surface area contributed by atoms with E-state index in [1.165, 1.54) is 12.1 Å². The van der Waals surface area contributed by atoms with Gasteiger partial charge in [0, 0.05) is 12.1 Å². The molecule has 0 fully saturated rings. The van der Waals surface area contributed by atoms with Gasteiger partial charge in [-0.1, -0.05) is 22.1 Å². The standard InChI is InChI=1S/C7H8FNO3S.ClH/c8-13(10,11)12-7-4-2-1-3-6(7)5-9;/h1-4H,5,9H2;1H. The van der Waals surface area contributed by atoms with Crippen molar-refractivity contribution in [2.24, 2.45) is 5.73 Å². The largest absolute Gasteiger partial charge is 0.488 e. The van der Waals surface area contributed by atoms with Gasteiger partial charge in [-0.15, -0.1) is 12.4 Å². The smallest absolute Gasteiger partial charge is 0.358 e. The van der Waals surface area contributed by atoms with Gasteiger partial charge in [-0.2, -0.15) is 8.42 Å². The van der Waals surface area contributed by atoms with E-state index < -0.39 is 10.5 Å². The molecule has 1 rings (SSSR count). The van der Waals surface area contributed by atoms with Crippen LogP contribution in [0.2, 0.25) is 0 Å². The molecular weight excluding hydrogens is 233 g/mol. The molecule has 1 aromatic carbocycles. The van der Waals surface area contributed by atoms with Crippen LogP contribution in [0.25, 0.3) is 0 Å². The van der Waals surface area contributed by atoms with Crippen molar-refractivity contribution < 1.29 is 16.5 Å². The lowest BCUT2D eigenvalue weighted by molar-refractivity contribution is 0.438. The number of hydrogen-bond acceptors (Lipinski definition) is 4. The van der Waals surface area contributed by atoms with Crippen LogP contribution in [0.5, 0.6) is 5.75 Å². The van der Waals surface area contributed by atoms with Crippen molar-refractivity contribution in [2.75, 3.05) is 0 Å². The van der Waals surface area contributed by atoms with Gasteiger partial charge < -0.3 is 9.92 Å². The molecule has 0 amide bonds. The first kappa shape index (κ1) is 13.2. The van der Waals surface area contributed by atoms with Crippen molar-refractivity contribution in [3.05, 3.63) is 29.8 Å². The van der Waals surface area contributed by atoms with Crippen molar-refractivity contribution in [3.63, 3.8) is 0 Å². The van der Waals surface area contributed by atoms with Gasteiger partial charge in [-0.25, -0.2) is 0 Å². The zero-order valence-corrected chi connectivity index (χ0v) is 8.65. The molecule has 0 aliphatic heterocycles. The summed E-state index contributed by atoms with van der Waals surface area (Å²) in [5.41, 5.74) is 5.71. The summed E-state index contributed by atoms with van der Waals surface area (Å²) in [7, 11) is -4.97. The molecular formula is C7H9ClFNO3S. The highest BCUT2D eigenvalue weighted by atomic mass is 35.5. The molecule has 1 aromatic rings. The van der Waals surface area contributed by atoms with Gasteiger partial charge in [0.1, 0.15) is 5.75 Å². The molecule has 0 spiro atoms. The summed E-state index contributed by atoms with van der Waals surface area (Å²) >= 11 is 0. The number of rotatable bonds is 3. The number of nitrogens with two attached hydrogens (primary N) is 1. The summed E-state index contributed by atoms with van der Waals surface area (Å²) in [5, 5.41) is 0. The number of halogens is 2. The fourth-order valence-corrected chi connectivity index (χ4v) is 1.24. The van der Waals surface area contributed by atoms with Crippen molar-refractivity contribution in [2.45, 2.75) is 6.54 Å². The van der Waals surface area contributed by atoms with Crippen molar-refractivity contribution in [3.8, 4) is 5.75 Å². The summed E-state index contributed by atoms with van der Waals surface area (Å²) in [6.07, 6.45) is 0. The van der Waals surface area contributed by atoms with Crippen molar-refractivity contribution in [1.29, 1.82) is 0 Å². The van der Waals surface area contributed by atoms with Crippen molar-refractivity contribution in [1.82, 2.24) is 0 Å². The second-order valence-electron chi connectivity index (χ2n) is 2.29. The summed E-state index contributed by atoms with van der Waals surface area (Å²) < 4.78 is 36.4. The first-order chi connectivity index (χ1) is 6.03. The Morgan fingerprint density at radius 2 is 1.93 bits per heavy atom. The Balaban J connectivity index is 0.00000169. The second kappa shape index (κ2) is 5.14. The molecule has 0 heterocycles. The van der Waals surface area contributed by atoms with Crippen molar-refractivity contribution >= 4 is 22.9 Å². The highest BCUT2D eigenvalue weighted by Crippen LogP contribution is 2.19. The van der Waals surface area contributed by atoms with Gasteiger partial charge >= 0.3 is 10.5 Å². The van der Waals surface area contributed by atoms with E-state index in [4.69, 9.17) is 5.73 Å². The maximum atomic E-state index is 12.1. The average Bonchev–Trinajstić information content (AvgIpc) is 2.02. The number of hydrogen-bond donors (Lipinski definition) is 1. The van der Waals surface area contributed by atoms with Crippen LogP contribution >= 0.6 is 12.4 Å². The van der Waals surface area contributed by atoms with E-state index in [2.05, 4.69) is 4.18 Å². The molecule has 0 saturated heterocycles. The molecule has 0 aromatic heterocycles. The van der Waals surface area contributed by atoms with Crippen LogP contribution in [0, 0.1) is 0 Å². The Morgan fingerprint density at radius 3 is 2.43 bits per heavy atom. The molecule has 4 nitrogen and oxygen atoms in total. The number of para-hydroxylation sites is 1. The topological polar surface area (TPSA) is 69.4 Å². The first-order valence-corrected chi connectivity index (χ1v) is 4.76. The van der Waals surface area contributed by atoms with Gasteiger partial charge in [0.2, 0.25) is 0 Å². The minimum atomic E-state index is -4.97. The minimum Gasteiger partial charge on any atom is -0.358 e. The van der Waals surface area contributed by atoms with Gasteiger partial charge in [-0.3, -0.25) is 0 Å². The highest BCUT2D eigenvalue weighted by molar-refractivity contribution is 7.81. The zero-order chi connectivity index (χ0) is 9.90. The fourth-order valence-electron chi connectivity index (χ4n) is 0.861. The van der Waals surface area contributed by atoms with Gasteiger partial charge in [0.15, 0.2) is 0 Å². The van der Waals surface area contributed by atoms with Crippen LogP contribution in [0.15, 0.2) is 24.3 Å². The molecule has 0 aliphatic rings. The normalized spacial score (nSPS) is 10.4. The maximum absolute atomic E-state index is 12.1. The molecule has 0 atom stereocenters.